The maximum atomic E-state index is 10.6. The van der Waals surface area contributed by atoms with E-state index in [0.717, 1.165) is 12.0 Å². The van der Waals surface area contributed by atoms with Crippen molar-refractivity contribution in [1.29, 1.82) is 0 Å². The first-order chi connectivity index (χ1) is 6.27. The Morgan fingerprint density at radius 1 is 1.77 bits per heavy atom. The molecule has 1 amide bonds. The van der Waals surface area contributed by atoms with Crippen molar-refractivity contribution in [2.75, 3.05) is 13.1 Å². The minimum Gasteiger partial charge on any atom is -0.465 e. The molecule has 1 aromatic heterocycles. The molecule has 1 saturated heterocycles. The lowest BCUT2D eigenvalue weighted by Crippen LogP contribution is -2.26. The average molecular weight is 181 g/mol. The van der Waals surface area contributed by atoms with Crippen LogP contribution < -0.4 is 0 Å². The van der Waals surface area contributed by atoms with Gasteiger partial charge in [-0.25, -0.2) is 4.79 Å². The van der Waals surface area contributed by atoms with Crippen LogP contribution in [0.4, 0.5) is 4.79 Å². The van der Waals surface area contributed by atoms with Gasteiger partial charge in [0.25, 0.3) is 0 Å². The van der Waals surface area contributed by atoms with E-state index >= 15 is 0 Å². The molecule has 1 aliphatic rings. The first kappa shape index (κ1) is 8.10. The van der Waals surface area contributed by atoms with Crippen molar-refractivity contribution < 1.29 is 9.90 Å². The summed E-state index contributed by atoms with van der Waals surface area (Å²) >= 11 is 0. The zero-order valence-electron chi connectivity index (χ0n) is 7.10. The quantitative estimate of drug-likeness (QED) is 0.675. The van der Waals surface area contributed by atoms with E-state index in [1.165, 1.54) is 4.90 Å². The van der Waals surface area contributed by atoms with Gasteiger partial charge in [0.2, 0.25) is 0 Å². The van der Waals surface area contributed by atoms with Crippen LogP contribution in [0, 0.1) is 0 Å². The van der Waals surface area contributed by atoms with E-state index in [0.29, 0.717) is 19.0 Å². The summed E-state index contributed by atoms with van der Waals surface area (Å²) in [5.41, 5.74) is 1.10. The summed E-state index contributed by atoms with van der Waals surface area (Å²) in [4.78, 5) is 12.1. The third kappa shape index (κ3) is 1.49. The number of H-pyrrole nitrogens is 1. The number of aromatic amines is 1. The number of likely N-dealkylation sites (tertiary alicyclic amines) is 1. The second kappa shape index (κ2) is 3.08. The predicted molar refractivity (Wildman–Crippen MR) is 45.5 cm³/mol. The Hall–Kier alpha value is -1.52. The molecule has 13 heavy (non-hydrogen) atoms. The van der Waals surface area contributed by atoms with Gasteiger partial charge >= 0.3 is 6.09 Å². The van der Waals surface area contributed by atoms with Crippen LogP contribution in [0.5, 0.6) is 0 Å². The maximum absolute atomic E-state index is 10.6. The molecule has 0 bridgehead atoms. The van der Waals surface area contributed by atoms with Gasteiger partial charge in [-0.15, -0.1) is 0 Å². The number of carboxylic acid groups (broad SMARTS) is 1. The van der Waals surface area contributed by atoms with E-state index in [1.807, 2.05) is 6.20 Å². The van der Waals surface area contributed by atoms with E-state index in [9.17, 15) is 4.79 Å². The van der Waals surface area contributed by atoms with Crippen LogP contribution >= 0.6 is 0 Å². The zero-order chi connectivity index (χ0) is 9.26. The van der Waals surface area contributed by atoms with Gasteiger partial charge < -0.3 is 10.0 Å². The maximum Gasteiger partial charge on any atom is 0.407 e. The molecular formula is C8H11N3O2. The number of hydrogen-bond donors (Lipinski definition) is 2. The van der Waals surface area contributed by atoms with Crippen LogP contribution in [-0.2, 0) is 0 Å². The second-order valence-corrected chi connectivity index (χ2v) is 3.25. The lowest BCUT2D eigenvalue weighted by molar-refractivity contribution is 0.155. The molecule has 0 spiro atoms. The van der Waals surface area contributed by atoms with Crippen molar-refractivity contribution in [3.63, 3.8) is 0 Å². The standard InChI is InChI=1S/C8H11N3O2/c12-8(13)11-2-1-6(5-11)7-3-9-10-4-7/h3-4,6H,1-2,5H2,(H,9,10)(H,12,13). The van der Waals surface area contributed by atoms with Crippen LogP contribution in [0.15, 0.2) is 12.4 Å². The monoisotopic (exact) mass is 181 g/mol. The second-order valence-electron chi connectivity index (χ2n) is 3.25. The van der Waals surface area contributed by atoms with E-state index < -0.39 is 6.09 Å². The molecule has 5 nitrogen and oxygen atoms in total. The summed E-state index contributed by atoms with van der Waals surface area (Å²) in [6.45, 7) is 1.22. The minimum absolute atomic E-state index is 0.315. The molecule has 0 radical (unpaired) electrons. The highest BCUT2D eigenvalue weighted by Crippen LogP contribution is 2.25. The van der Waals surface area contributed by atoms with Crippen LogP contribution in [0.3, 0.4) is 0 Å². The van der Waals surface area contributed by atoms with Crippen LogP contribution in [0.25, 0.3) is 0 Å². The Bertz CT molecular complexity index is 296. The molecule has 5 heteroatoms. The van der Waals surface area contributed by atoms with Gasteiger partial charge in [0.05, 0.1) is 6.20 Å². The van der Waals surface area contributed by atoms with Crippen molar-refractivity contribution in [3.8, 4) is 0 Å². The van der Waals surface area contributed by atoms with Gasteiger partial charge in [-0.05, 0) is 12.0 Å². The Morgan fingerprint density at radius 3 is 3.15 bits per heavy atom. The molecule has 2 rings (SSSR count). The van der Waals surface area contributed by atoms with Crippen molar-refractivity contribution in [2.24, 2.45) is 0 Å². The topological polar surface area (TPSA) is 69.2 Å². The summed E-state index contributed by atoms with van der Waals surface area (Å²) in [6.07, 6.45) is 3.66. The molecule has 1 fully saturated rings. The average Bonchev–Trinajstić information content (AvgIpc) is 2.75. The summed E-state index contributed by atoms with van der Waals surface area (Å²) in [6, 6.07) is 0. The molecular weight excluding hydrogens is 170 g/mol. The van der Waals surface area contributed by atoms with Gasteiger partial charge in [-0.2, -0.15) is 5.10 Å². The third-order valence-electron chi connectivity index (χ3n) is 2.45. The number of hydrogen-bond acceptors (Lipinski definition) is 2. The Labute approximate surface area is 75.4 Å². The molecule has 70 valence electrons. The van der Waals surface area contributed by atoms with Crippen molar-refractivity contribution in [3.05, 3.63) is 18.0 Å². The van der Waals surface area contributed by atoms with Gasteiger partial charge in [0, 0.05) is 25.2 Å². The number of rotatable bonds is 1. The minimum atomic E-state index is -0.828. The molecule has 1 aromatic rings. The normalized spacial score (nSPS) is 22.2. The third-order valence-corrected chi connectivity index (χ3v) is 2.45. The summed E-state index contributed by atoms with van der Waals surface area (Å²) in [5, 5.41) is 15.3. The predicted octanol–water partition coefficient (Wildman–Crippen LogP) is 0.877. The number of amides is 1. The Kier molecular flexibility index (Phi) is 1.92. The number of aromatic nitrogens is 2. The Morgan fingerprint density at radius 2 is 2.62 bits per heavy atom. The van der Waals surface area contributed by atoms with Crippen molar-refractivity contribution in [1.82, 2.24) is 15.1 Å². The summed E-state index contributed by atoms with van der Waals surface area (Å²) < 4.78 is 0. The molecule has 0 aliphatic carbocycles. The summed E-state index contributed by atoms with van der Waals surface area (Å²) in [7, 11) is 0. The number of carbonyl (C=O) groups is 1. The molecule has 1 aliphatic heterocycles. The van der Waals surface area contributed by atoms with Crippen LogP contribution in [0.2, 0.25) is 0 Å². The van der Waals surface area contributed by atoms with E-state index in [2.05, 4.69) is 10.2 Å². The summed E-state index contributed by atoms with van der Waals surface area (Å²) in [5.74, 6) is 0.315. The highest BCUT2D eigenvalue weighted by Gasteiger charge is 2.27. The lowest BCUT2D eigenvalue weighted by atomic mass is 10.0. The van der Waals surface area contributed by atoms with Crippen LogP contribution in [-0.4, -0.2) is 39.4 Å². The fraction of sp³-hybridized carbons (Fsp3) is 0.500. The molecule has 2 heterocycles. The molecule has 1 unspecified atom stereocenters. The smallest absolute Gasteiger partial charge is 0.407 e. The SMILES string of the molecule is O=C(O)N1CCC(c2cn[nH]c2)C1. The first-order valence-corrected chi connectivity index (χ1v) is 4.24. The largest absolute Gasteiger partial charge is 0.465 e. The molecule has 0 aromatic carbocycles. The zero-order valence-corrected chi connectivity index (χ0v) is 7.10. The first-order valence-electron chi connectivity index (χ1n) is 4.24. The number of nitrogens with zero attached hydrogens (tertiary/aromatic N) is 2. The van der Waals surface area contributed by atoms with Gasteiger partial charge in [0.1, 0.15) is 0 Å². The fourth-order valence-electron chi connectivity index (χ4n) is 1.69. The van der Waals surface area contributed by atoms with E-state index in [-0.39, 0.29) is 0 Å². The fourth-order valence-corrected chi connectivity index (χ4v) is 1.69. The van der Waals surface area contributed by atoms with Gasteiger partial charge in [0.15, 0.2) is 0 Å². The van der Waals surface area contributed by atoms with Crippen molar-refractivity contribution >= 4 is 6.09 Å². The molecule has 0 saturated carbocycles. The van der Waals surface area contributed by atoms with E-state index in [4.69, 9.17) is 5.11 Å². The highest BCUT2D eigenvalue weighted by molar-refractivity contribution is 5.65. The highest BCUT2D eigenvalue weighted by atomic mass is 16.4. The Balaban J connectivity index is 2.03. The van der Waals surface area contributed by atoms with Crippen molar-refractivity contribution in [2.45, 2.75) is 12.3 Å². The lowest BCUT2D eigenvalue weighted by Gasteiger charge is -2.10. The van der Waals surface area contributed by atoms with Gasteiger partial charge in [-0.1, -0.05) is 0 Å². The molecule has 2 N–H and O–H groups in total. The number of nitrogens with one attached hydrogen (secondary N) is 1. The van der Waals surface area contributed by atoms with E-state index in [1.54, 1.807) is 6.20 Å². The van der Waals surface area contributed by atoms with Crippen LogP contribution in [0.1, 0.15) is 17.9 Å². The molecule has 1 atom stereocenters. The van der Waals surface area contributed by atoms with Gasteiger partial charge in [-0.3, -0.25) is 5.10 Å².